The molecule has 1 unspecified atom stereocenters. The Hall–Kier alpha value is -3.90. The summed E-state index contributed by atoms with van der Waals surface area (Å²) in [5.74, 6) is -0.382. The smallest absolute Gasteiger partial charge is 0.314 e. The topological polar surface area (TPSA) is 182 Å². The van der Waals surface area contributed by atoms with Gasteiger partial charge >= 0.3 is 11.1 Å². The van der Waals surface area contributed by atoms with Crippen LogP contribution in [0.15, 0.2) is 22.0 Å². The molecule has 2 heterocycles. The summed E-state index contributed by atoms with van der Waals surface area (Å²) in [7, 11) is 0. The number of carbonyl (C=O) groups excluding carboxylic acids is 1. The van der Waals surface area contributed by atoms with Gasteiger partial charge in [0.25, 0.3) is 5.69 Å². The van der Waals surface area contributed by atoms with Crippen molar-refractivity contribution >= 4 is 22.6 Å². The maximum atomic E-state index is 12.0. The molecule has 0 fully saturated rings. The molecule has 13 heteroatoms. The van der Waals surface area contributed by atoms with Gasteiger partial charge in [-0.25, -0.2) is 4.68 Å². The van der Waals surface area contributed by atoms with E-state index in [2.05, 4.69) is 30.8 Å². The van der Waals surface area contributed by atoms with Crippen LogP contribution in [0, 0.1) is 16.0 Å². The van der Waals surface area contributed by atoms with Gasteiger partial charge in [0.15, 0.2) is 0 Å². The van der Waals surface area contributed by atoms with Crippen molar-refractivity contribution in [3.05, 3.63) is 54.3 Å². The molecule has 13 nitrogen and oxygen atoms in total. The van der Waals surface area contributed by atoms with Crippen molar-refractivity contribution in [3.63, 3.8) is 0 Å². The van der Waals surface area contributed by atoms with Gasteiger partial charge in [-0.05, 0) is 34.7 Å². The summed E-state index contributed by atoms with van der Waals surface area (Å²) in [6.07, 6.45) is 2.10. The van der Waals surface area contributed by atoms with Crippen molar-refractivity contribution in [2.24, 2.45) is 5.92 Å². The molecule has 4 rings (SSSR count). The highest BCUT2D eigenvalue weighted by molar-refractivity contribution is 5.83. The third-order valence-corrected chi connectivity index (χ3v) is 4.69. The highest BCUT2D eigenvalue weighted by atomic mass is 16.6. The van der Waals surface area contributed by atoms with Crippen LogP contribution in [-0.2, 0) is 24.2 Å². The van der Waals surface area contributed by atoms with E-state index in [1.54, 1.807) is 0 Å². The zero-order valence-electron chi connectivity index (χ0n) is 14.3. The zero-order chi connectivity index (χ0) is 19.8. The van der Waals surface area contributed by atoms with E-state index in [-0.39, 0.29) is 29.6 Å². The lowest BCUT2D eigenvalue weighted by atomic mass is 10.1. The lowest BCUT2D eigenvalue weighted by Gasteiger charge is -2.10. The van der Waals surface area contributed by atoms with Gasteiger partial charge in [0.1, 0.15) is 12.9 Å². The second-order valence-corrected chi connectivity index (χ2v) is 6.53. The lowest BCUT2D eigenvalue weighted by Crippen LogP contribution is -2.32. The SMILES string of the molecule is O=C(Cn1cnnn1)NCC1Cc2c([N+](=O)[O-])cc3[nH]c(=O)c(=O)[nH]c3c2C1. The fourth-order valence-electron chi connectivity index (χ4n) is 3.48. The summed E-state index contributed by atoms with van der Waals surface area (Å²) in [5.41, 5.74) is -0.107. The minimum atomic E-state index is -0.869. The third-order valence-electron chi connectivity index (χ3n) is 4.69. The van der Waals surface area contributed by atoms with E-state index in [1.165, 1.54) is 17.1 Å². The van der Waals surface area contributed by atoms with Crippen molar-refractivity contribution in [1.82, 2.24) is 35.5 Å². The van der Waals surface area contributed by atoms with E-state index in [9.17, 15) is 24.5 Å². The first-order chi connectivity index (χ1) is 13.4. The molecule has 1 aliphatic rings. The van der Waals surface area contributed by atoms with Gasteiger partial charge in [0.05, 0.1) is 16.0 Å². The molecule has 144 valence electrons. The average Bonchev–Trinajstić information content (AvgIpc) is 3.30. The van der Waals surface area contributed by atoms with Crippen molar-refractivity contribution in [2.75, 3.05) is 6.54 Å². The summed E-state index contributed by atoms with van der Waals surface area (Å²) >= 11 is 0. The minimum Gasteiger partial charge on any atom is -0.354 e. The van der Waals surface area contributed by atoms with Gasteiger partial charge < -0.3 is 15.3 Å². The van der Waals surface area contributed by atoms with Crippen LogP contribution >= 0.6 is 0 Å². The van der Waals surface area contributed by atoms with Gasteiger partial charge in [0.2, 0.25) is 5.91 Å². The molecule has 0 saturated carbocycles. The van der Waals surface area contributed by atoms with Gasteiger partial charge in [0, 0.05) is 18.2 Å². The predicted octanol–water partition coefficient (Wildman–Crippen LogP) is -1.36. The number of hydrogen-bond donors (Lipinski definition) is 3. The maximum Gasteiger partial charge on any atom is 0.314 e. The Bertz CT molecular complexity index is 1200. The number of carbonyl (C=O) groups is 1. The van der Waals surface area contributed by atoms with Crippen molar-refractivity contribution < 1.29 is 9.72 Å². The van der Waals surface area contributed by atoms with Gasteiger partial charge in [-0.1, -0.05) is 0 Å². The van der Waals surface area contributed by atoms with Crippen molar-refractivity contribution in [3.8, 4) is 0 Å². The molecule has 3 aromatic rings. The van der Waals surface area contributed by atoms with E-state index in [0.29, 0.717) is 36.0 Å². The number of tetrazole rings is 1. The highest BCUT2D eigenvalue weighted by Crippen LogP contribution is 2.37. The van der Waals surface area contributed by atoms with Gasteiger partial charge in [-0.2, -0.15) is 0 Å². The summed E-state index contributed by atoms with van der Waals surface area (Å²) in [5, 5.41) is 24.7. The molecule has 28 heavy (non-hydrogen) atoms. The van der Waals surface area contributed by atoms with Crippen LogP contribution in [0.4, 0.5) is 5.69 Å². The number of nitrogens with zero attached hydrogens (tertiary/aromatic N) is 5. The first kappa shape index (κ1) is 17.5. The number of amides is 1. The van der Waals surface area contributed by atoms with Crippen molar-refractivity contribution in [1.29, 1.82) is 0 Å². The number of hydrogen-bond acceptors (Lipinski definition) is 8. The number of nitrogens with one attached hydrogen (secondary N) is 3. The predicted molar refractivity (Wildman–Crippen MR) is 93.6 cm³/mol. The van der Waals surface area contributed by atoms with E-state index in [4.69, 9.17) is 0 Å². The van der Waals surface area contributed by atoms with Crippen LogP contribution in [0.5, 0.6) is 0 Å². The van der Waals surface area contributed by atoms with Crippen LogP contribution in [0.2, 0.25) is 0 Å². The molecule has 0 aliphatic heterocycles. The van der Waals surface area contributed by atoms with Crippen molar-refractivity contribution in [2.45, 2.75) is 19.4 Å². The van der Waals surface area contributed by atoms with Crippen LogP contribution < -0.4 is 16.4 Å². The number of fused-ring (bicyclic) bond motifs is 3. The number of benzene rings is 1. The fraction of sp³-hybridized carbons (Fsp3) is 0.333. The van der Waals surface area contributed by atoms with E-state index in [1.807, 2.05) is 0 Å². The van der Waals surface area contributed by atoms with E-state index in [0.717, 1.165) is 0 Å². The first-order valence-electron chi connectivity index (χ1n) is 8.35. The minimum absolute atomic E-state index is 0.0374. The summed E-state index contributed by atoms with van der Waals surface area (Å²) in [6.45, 7) is 0.256. The molecule has 1 aliphatic carbocycles. The quantitative estimate of drug-likeness (QED) is 0.273. The Kier molecular flexibility index (Phi) is 4.18. The molecule has 3 N–H and O–H groups in total. The first-order valence-corrected chi connectivity index (χ1v) is 8.35. The van der Waals surface area contributed by atoms with E-state index < -0.39 is 16.0 Å². The zero-order valence-corrected chi connectivity index (χ0v) is 14.3. The van der Waals surface area contributed by atoms with Crippen LogP contribution in [-0.4, -0.2) is 47.6 Å². The number of aromatic nitrogens is 6. The molecule has 0 radical (unpaired) electrons. The monoisotopic (exact) mass is 386 g/mol. The molecular weight excluding hydrogens is 372 g/mol. The molecule has 0 saturated heterocycles. The summed E-state index contributed by atoms with van der Waals surface area (Å²) in [4.78, 5) is 51.1. The maximum absolute atomic E-state index is 12.0. The summed E-state index contributed by atoms with van der Waals surface area (Å²) in [6, 6.07) is 1.25. The normalized spacial score (nSPS) is 15.5. The number of aromatic amines is 2. The van der Waals surface area contributed by atoms with Crippen LogP contribution in [0.1, 0.15) is 11.1 Å². The molecule has 1 aromatic carbocycles. The largest absolute Gasteiger partial charge is 0.354 e. The number of nitro groups is 1. The standard InChI is InChI=1S/C15H14N8O5/c24-12(5-22-6-17-20-21-22)16-4-7-1-8-9(2-7)13-10(3-11(8)23(27)28)18-14(25)15(26)19-13/h3,6-7H,1-2,4-5H2,(H,16,24)(H,18,25)(H,19,26). The lowest BCUT2D eigenvalue weighted by molar-refractivity contribution is -0.385. The Labute approximate surface area is 154 Å². The fourth-order valence-corrected chi connectivity index (χ4v) is 3.48. The second-order valence-electron chi connectivity index (χ2n) is 6.53. The molecule has 2 aromatic heterocycles. The molecular formula is C15H14N8O5. The Morgan fingerprint density at radius 1 is 1.29 bits per heavy atom. The van der Waals surface area contributed by atoms with E-state index >= 15 is 0 Å². The van der Waals surface area contributed by atoms with Crippen LogP contribution in [0.25, 0.3) is 11.0 Å². The average molecular weight is 386 g/mol. The number of rotatable bonds is 5. The van der Waals surface area contributed by atoms with Gasteiger partial charge in [-0.3, -0.25) is 24.5 Å². The second kappa shape index (κ2) is 6.68. The molecule has 0 bridgehead atoms. The molecule has 1 amide bonds. The van der Waals surface area contributed by atoms with Crippen LogP contribution in [0.3, 0.4) is 0 Å². The number of nitro benzene ring substituents is 1. The summed E-state index contributed by atoms with van der Waals surface area (Å²) < 4.78 is 1.28. The Morgan fingerprint density at radius 2 is 2.04 bits per heavy atom. The molecule has 1 atom stereocenters. The third kappa shape index (κ3) is 3.13. The molecule has 0 spiro atoms. The highest BCUT2D eigenvalue weighted by Gasteiger charge is 2.31. The number of H-pyrrole nitrogens is 2. The van der Waals surface area contributed by atoms with Gasteiger partial charge in [-0.15, -0.1) is 5.10 Å². The Balaban J connectivity index is 1.58. The Morgan fingerprint density at radius 3 is 2.75 bits per heavy atom.